The standard InChI is InChI=1S/C22H23F2N5O4/c23-15-8-14(17(25)9-16(15)24)21(31)27-11-20(30)26-10-12-3-5-29(6-4-12)13-1-2-19-18(7-13)28-22(32)33-19/h1-2,7-9,12H,3-6,10-11,25H2,(H,26,30)(H,27,31)(H,28,32). The summed E-state index contributed by atoms with van der Waals surface area (Å²) in [5.74, 6) is -3.69. The van der Waals surface area contributed by atoms with Gasteiger partial charge >= 0.3 is 5.76 Å². The first-order valence-corrected chi connectivity index (χ1v) is 10.5. The highest BCUT2D eigenvalue weighted by molar-refractivity contribution is 6.00. The maximum atomic E-state index is 13.3. The molecular weight excluding hydrogens is 436 g/mol. The van der Waals surface area contributed by atoms with Crippen molar-refractivity contribution in [3.05, 3.63) is 58.1 Å². The predicted octanol–water partition coefficient (Wildman–Crippen LogP) is 1.74. The Morgan fingerprint density at radius 1 is 1.12 bits per heavy atom. The van der Waals surface area contributed by atoms with Crippen LogP contribution in [0.3, 0.4) is 0 Å². The van der Waals surface area contributed by atoms with Crippen molar-refractivity contribution < 1.29 is 22.8 Å². The minimum atomic E-state index is -1.19. The molecule has 2 amide bonds. The quantitative estimate of drug-likeness (QED) is 0.415. The van der Waals surface area contributed by atoms with Crippen molar-refractivity contribution in [3.8, 4) is 0 Å². The molecule has 0 saturated carbocycles. The molecule has 0 spiro atoms. The number of fused-ring (bicyclic) bond motifs is 1. The van der Waals surface area contributed by atoms with E-state index in [9.17, 15) is 23.2 Å². The Labute approximate surface area is 186 Å². The number of anilines is 2. The number of nitrogen functional groups attached to an aromatic ring is 1. The van der Waals surface area contributed by atoms with Crippen LogP contribution >= 0.6 is 0 Å². The van der Waals surface area contributed by atoms with Gasteiger partial charge in [-0.15, -0.1) is 0 Å². The Morgan fingerprint density at radius 2 is 1.85 bits per heavy atom. The largest absolute Gasteiger partial charge is 0.417 e. The number of rotatable bonds is 6. The lowest BCUT2D eigenvalue weighted by molar-refractivity contribution is -0.120. The number of oxazole rings is 1. The van der Waals surface area contributed by atoms with E-state index < -0.39 is 23.3 Å². The zero-order chi connectivity index (χ0) is 23.5. The van der Waals surface area contributed by atoms with Gasteiger partial charge in [0.15, 0.2) is 17.2 Å². The number of H-pyrrole nitrogens is 1. The van der Waals surface area contributed by atoms with Crippen LogP contribution in [0.5, 0.6) is 0 Å². The molecule has 5 N–H and O–H groups in total. The summed E-state index contributed by atoms with van der Waals surface area (Å²) in [6.07, 6.45) is 1.72. The van der Waals surface area contributed by atoms with Gasteiger partial charge < -0.3 is 25.7 Å². The van der Waals surface area contributed by atoms with Gasteiger partial charge in [-0.25, -0.2) is 13.6 Å². The Bertz CT molecular complexity index is 1250. The smallest absolute Gasteiger partial charge is 0.408 e. The number of hydrogen-bond acceptors (Lipinski definition) is 6. The molecule has 3 aromatic rings. The van der Waals surface area contributed by atoms with Crippen molar-refractivity contribution in [2.24, 2.45) is 5.92 Å². The first-order chi connectivity index (χ1) is 15.8. The zero-order valence-corrected chi connectivity index (χ0v) is 17.6. The minimum absolute atomic E-state index is 0.211. The second kappa shape index (κ2) is 9.31. The molecule has 1 fully saturated rings. The number of hydrogen-bond donors (Lipinski definition) is 4. The van der Waals surface area contributed by atoms with Gasteiger partial charge in [-0.1, -0.05) is 0 Å². The normalized spacial score (nSPS) is 14.4. The summed E-state index contributed by atoms with van der Waals surface area (Å²) >= 11 is 0. The number of nitrogens with zero attached hydrogens (tertiary/aromatic N) is 1. The van der Waals surface area contributed by atoms with Crippen molar-refractivity contribution in [1.29, 1.82) is 0 Å². The number of benzene rings is 2. The fraction of sp³-hybridized carbons (Fsp3) is 0.318. The molecule has 1 aliphatic rings. The summed E-state index contributed by atoms with van der Waals surface area (Å²) in [6.45, 7) is 1.74. The number of aromatic amines is 1. The number of carbonyl (C=O) groups is 2. The molecule has 0 unspecified atom stereocenters. The summed E-state index contributed by atoms with van der Waals surface area (Å²) in [5, 5.41) is 5.14. The molecular formula is C22H23F2N5O4. The van der Waals surface area contributed by atoms with E-state index in [0.717, 1.165) is 37.7 Å². The van der Waals surface area contributed by atoms with Crippen LogP contribution in [0.1, 0.15) is 23.2 Å². The van der Waals surface area contributed by atoms with Gasteiger partial charge in [0, 0.05) is 37.1 Å². The van der Waals surface area contributed by atoms with E-state index >= 15 is 0 Å². The van der Waals surface area contributed by atoms with Gasteiger partial charge in [-0.2, -0.15) is 0 Å². The first kappa shape index (κ1) is 22.3. The summed E-state index contributed by atoms with van der Waals surface area (Å²) in [6, 6.07) is 6.97. The molecule has 1 aliphatic heterocycles. The third-order valence-electron chi connectivity index (χ3n) is 5.72. The van der Waals surface area contributed by atoms with Gasteiger partial charge in [0.05, 0.1) is 17.6 Å². The molecule has 0 radical (unpaired) electrons. The number of piperidine rings is 1. The van der Waals surface area contributed by atoms with Crippen molar-refractivity contribution >= 4 is 34.3 Å². The Morgan fingerprint density at radius 3 is 2.61 bits per heavy atom. The third-order valence-corrected chi connectivity index (χ3v) is 5.72. The monoisotopic (exact) mass is 459 g/mol. The maximum Gasteiger partial charge on any atom is 0.417 e. The molecule has 1 aromatic heterocycles. The number of halogens is 2. The first-order valence-electron chi connectivity index (χ1n) is 10.5. The molecule has 1 saturated heterocycles. The molecule has 9 nitrogen and oxygen atoms in total. The van der Waals surface area contributed by atoms with Crippen molar-refractivity contribution in [2.75, 3.05) is 36.8 Å². The molecule has 4 rings (SSSR count). The van der Waals surface area contributed by atoms with Crippen LogP contribution in [-0.4, -0.2) is 43.0 Å². The Hall–Kier alpha value is -3.89. The van der Waals surface area contributed by atoms with Crippen molar-refractivity contribution in [3.63, 3.8) is 0 Å². The highest BCUT2D eigenvalue weighted by Crippen LogP contribution is 2.25. The topological polar surface area (TPSA) is 133 Å². The van der Waals surface area contributed by atoms with E-state index in [1.54, 1.807) is 6.07 Å². The van der Waals surface area contributed by atoms with Crippen LogP contribution in [0.2, 0.25) is 0 Å². The fourth-order valence-electron chi connectivity index (χ4n) is 3.87. The van der Waals surface area contributed by atoms with E-state index in [0.29, 0.717) is 23.7 Å². The SMILES string of the molecule is Nc1cc(F)c(F)cc1C(=O)NCC(=O)NCC1CCN(c2ccc3oc(=O)[nH]c3c2)CC1. The average Bonchev–Trinajstić information content (AvgIpc) is 3.18. The van der Waals surface area contributed by atoms with Gasteiger partial charge in [-0.05, 0) is 43.0 Å². The molecule has 0 aliphatic carbocycles. The Balaban J connectivity index is 1.21. The van der Waals surface area contributed by atoms with E-state index in [1.807, 2.05) is 12.1 Å². The van der Waals surface area contributed by atoms with Crippen LogP contribution < -0.4 is 27.0 Å². The highest BCUT2D eigenvalue weighted by atomic mass is 19.2. The molecule has 0 atom stereocenters. The zero-order valence-electron chi connectivity index (χ0n) is 17.6. The molecule has 0 bridgehead atoms. The second-order valence-electron chi connectivity index (χ2n) is 7.97. The van der Waals surface area contributed by atoms with Crippen LogP contribution in [0, 0.1) is 17.6 Å². The Kier molecular flexibility index (Phi) is 6.29. The maximum absolute atomic E-state index is 13.3. The number of aromatic nitrogens is 1. The molecule has 33 heavy (non-hydrogen) atoms. The number of nitrogens with one attached hydrogen (secondary N) is 3. The lowest BCUT2D eigenvalue weighted by Gasteiger charge is -2.33. The summed E-state index contributed by atoms with van der Waals surface area (Å²) in [4.78, 5) is 40.4. The third kappa shape index (κ3) is 5.13. The van der Waals surface area contributed by atoms with Gasteiger partial charge in [0.25, 0.3) is 5.91 Å². The highest BCUT2D eigenvalue weighted by Gasteiger charge is 2.21. The summed E-state index contributed by atoms with van der Waals surface area (Å²) in [5.41, 5.74) is 7.26. The molecule has 2 heterocycles. The number of amides is 2. The van der Waals surface area contributed by atoms with Crippen LogP contribution in [0.4, 0.5) is 20.2 Å². The van der Waals surface area contributed by atoms with E-state index in [2.05, 4.69) is 20.5 Å². The minimum Gasteiger partial charge on any atom is -0.408 e. The van der Waals surface area contributed by atoms with Crippen molar-refractivity contribution in [2.45, 2.75) is 12.8 Å². The number of carbonyl (C=O) groups excluding carboxylic acids is 2. The second-order valence-corrected chi connectivity index (χ2v) is 7.97. The van der Waals surface area contributed by atoms with E-state index in [4.69, 9.17) is 10.2 Å². The fourth-order valence-corrected chi connectivity index (χ4v) is 3.87. The van der Waals surface area contributed by atoms with Gasteiger partial charge in [0.2, 0.25) is 5.91 Å². The number of nitrogens with two attached hydrogens (primary N) is 1. The van der Waals surface area contributed by atoms with E-state index in [1.165, 1.54) is 0 Å². The van der Waals surface area contributed by atoms with E-state index in [-0.39, 0.29) is 29.6 Å². The molecule has 2 aromatic carbocycles. The summed E-state index contributed by atoms with van der Waals surface area (Å²) < 4.78 is 31.5. The predicted molar refractivity (Wildman–Crippen MR) is 118 cm³/mol. The lowest BCUT2D eigenvalue weighted by atomic mass is 9.96. The van der Waals surface area contributed by atoms with Crippen LogP contribution in [-0.2, 0) is 4.79 Å². The molecule has 11 heteroatoms. The average molecular weight is 459 g/mol. The van der Waals surface area contributed by atoms with Crippen LogP contribution in [0.25, 0.3) is 11.1 Å². The van der Waals surface area contributed by atoms with Gasteiger partial charge in [0.1, 0.15) is 0 Å². The molecule has 174 valence electrons. The summed E-state index contributed by atoms with van der Waals surface area (Å²) in [7, 11) is 0. The van der Waals surface area contributed by atoms with Crippen molar-refractivity contribution in [1.82, 2.24) is 15.6 Å². The lowest BCUT2D eigenvalue weighted by Crippen LogP contribution is -2.42. The van der Waals surface area contributed by atoms with Gasteiger partial charge in [-0.3, -0.25) is 14.6 Å². The van der Waals surface area contributed by atoms with Crippen LogP contribution in [0.15, 0.2) is 39.5 Å².